The Morgan fingerprint density at radius 3 is 2.40 bits per heavy atom. The number of hydrogen-bond acceptors (Lipinski definition) is 4. The van der Waals surface area contributed by atoms with Gasteiger partial charge in [-0.1, -0.05) is 0 Å². The number of anilines is 2. The standard InChI is InChI=1S/C14H20N4O2/c19-18(20)13-4-3-12(16-9-5-15-6-10-16)11-14(13)17-7-1-2-8-17/h3-4,11,15H,1-2,5-10H2/p+1. The minimum Gasteiger partial charge on any atom is -0.366 e. The largest absolute Gasteiger partial charge is 0.366 e. The van der Waals surface area contributed by atoms with Crippen molar-refractivity contribution in [2.24, 2.45) is 0 Å². The third-order valence-electron chi connectivity index (χ3n) is 4.17. The zero-order valence-corrected chi connectivity index (χ0v) is 11.6. The van der Waals surface area contributed by atoms with Gasteiger partial charge in [0.15, 0.2) is 0 Å². The van der Waals surface area contributed by atoms with E-state index < -0.39 is 0 Å². The highest BCUT2D eigenvalue weighted by molar-refractivity contribution is 5.70. The van der Waals surface area contributed by atoms with Crippen LogP contribution in [-0.4, -0.2) is 44.2 Å². The number of nitro groups is 1. The second-order valence-corrected chi connectivity index (χ2v) is 5.48. The van der Waals surface area contributed by atoms with Crippen LogP contribution in [-0.2, 0) is 0 Å². The van der Waals surface area contributed by atoms with Crippen molar-refractivity contribution in [2.75, 3.05) is 49.1 Å². The molecule has 0 bridgehead atoms. The van der Waals surface area contributed by atoms with Crippen LogP contribution in [0.5, 0.6) is 0 Å². The van der Waals surface area contributed by atoms with E-state index >= 15 is 0 Å². The first kappa shape index (κ1) is 13.2. The number of quaternary nitrogens is 1. The van der Waals surface area contributed by atoms with E-state index in [-0.39, 0.29) is 10.6 Å². The van der Waals surface area contributed by atoms with Crippen LogP contribution in [0.25, 0.3) is 0 Å². The van der Waals surface area contributed by atoms with Gasteiger partial charge >= 0.3 is 0 Å². The zero-order valence-electron chi connectivity index (χ0n) is 11.6. The Bertz CT molecular complexity index is 494. The number of nitrogens with two attached hydrogens (primary N) is 1. The SMILES string of the molecule is O=[N+]([O-])c1ccc(N2CC[NH2+]CC2)cc1N1CCCC1. The van der Waals surface area contributed by atoms with Gasteiger partial charge in [0.25, 0.3) is 5.69 Å². The lowest BCUT2D eigenvalue weighted by molar-refractivity contribution is -0.655. The summed E-state index contributed by atoms with van der Waals surface area (Å²) in [5.74, 6) is 0. The van der Waals surface area contributed by atoms with Crippen LogP contribution in [0, 0.1) is 10.1 Å². The van der Waals surface area contributed by atoms with E-state index in [1.807, 2.05) is 12.1 Å². The molecule has 0 aromatic heterocycles. The highest BCUT2D eigenvalue weighted by Gasteiger charge is 2.24. The molecule has 0 amide bonds. The Labute approximate surface area is 118 Å². The fourth-order valence-corrected chi connectivity index (χ4v) is 3.08. The van der Waals surface area contributed by atoms with Crippen LogP contribution < -0.4 is 15.1 Å². The van der Waals surface area contributed by atoms with Gasteiger partial charge < -0.3 is 15.1 Å². The minimum atomic E-state index is -0.262. The van der Waals surface area contributed by atoms with Gasteiger partial charge in [0, 0.05) is 24.8 Å². The van der Waals surface area contributed by atoms with E-state index in [2.05, 4.69) is 15.1 Å². The van der Waals surface area contributed by atoms with Crippen molar-refractivity contribution in [1.29, 1.82) is 0 Å². The molecule has 2 fully saturated rings. The molecular formula is C14H21N4O2+. The molecule has 0 aliphatic carbocycles. The summed E-state index contributed by atoms with van der Waals surface area (Å²) < 4.78 is 0. The quantitative estimate of drug-likeness (QED) is 0.648. The molecule has 0 saturated carbocycles. The van der Waals surface area contributed by atoms with Crippen molar-refractivity contribution in [1.82, 2.24) is 0 Å². The molecule has 0 atom stereocenters. The van der Waals surface area contributed by atoms with Gasteiger partial charge in [0.1, 0.15) is 5.69 Å². The molecule has 1 aromatic carbocycles. The topological polar surface area (TPSA) is 66.2 Å². The number of rotatable bonds is 3. The van der Waals surface area contributed by atoms with Crippen LogP contribution in [0.15, 0.2) is 18.2 Å². The number of piperazine rings is 1. The van der Waals surface area contributed by atoms with E-state index in [0.717, 1.165) is 63.5 Å². The highest BCUT2D eigenvalue weighted by Crippen LogP contribution is 2.34. The molecule has 2 aliphatic heterocycles. The number of benzene rings is 1. The molecule has 2 N–H and O–H groups in total. The minimum absolute atomic E-state index is 0.235. The summed E-state index contributed by atoms with van der Waals surface area (Å²) in [6.45, 7) is 6.07. The highest BCUT2D eigenvalue weighted by atomic mass is 16.6. The van der Waals surface area contributed by atoms with Gasteiger partial charge in [-0.2, -0.15) is 0 Å². The van der Waals surface area contributed by atoms with Crippen LogP contribution in [0.1, 0.15) is 12.8 Å². The van der Waals surface area contributed by atoms with Crippen molar-refractivity contribution < 1.29 is 10.2 Å². The lowest BCUT2D eigenvalue weighted by Crippen LogP contribution is -2.89. The van der Waals surface area contributed by atoms with Crippen molar-refractivity contribution in [3.63, 3.8) is 0 Å². The molecule has 6 heteroatoms. The summed E-state index contributed by atoms with van der Waals surface area (Å²) in [5, 5.41) is 13.5. The van der Waals surface area contributed by atoms with Crippen molar-refractivity contribution >= 4 is 17.1 Å². The first-order valence-corrected chi connectivity index (χ1v) is 7.36. The summed E-state index contributed by atoms with van der Waals surface area (Å²) in [5.41, 5.74) is 2.14. The summed E-state index contributed by atoms with van der Waals surface area (Å²) in [4.78, 5) is 15.4. The maximum absolute atomic E-state index is 11.2. The van der Waals surface area contributed by atoms with Crippen molar-refractivity contribution in [3.05, 3.63) is 28.3 Å². The summed E-state index contributed by atoms with van der Waals surface area (Å²) in [7, 11) is 0. The molecule has 2 saturated heterocycles. The van der Waals surface area contributed by atoms with E-state index in [0.29, 0.717) is 0 Å². The molecule has 1 aromatic rings. The summed E-state index contributed by atoms with van der Waals surface area (Å²) >= 11 is 0. The monoisotopic (exact) mass is 277 g/mol. The number of nitrogens with zero attached hydrogens (tertiary/aromatic N) is 3. The van der Waals surface area contributed by atoms with Crippen molar-refractivity contribution in [2.45, 2.75) is 12.8 Å². The molecular weight excluding hydrogens is 256 g/mol. The van der Waals surface area contributed by atoms with Crippen LogP contribution in [0.4, 0.5) is 17.1 Å². The molecule has 2 aliphatic rings. The third-order valence-corrected chi connectivity index (χ3v) is 4.17. The summed E-state index contributed by atoms with van der Waals surface area (Å²) in [6, 6.07) is 5.57. The average Bonchev–Trinajstić information content (AvgIpc) is 3.01. The predicted octanol–water partition coefficient (Wildman–Crippen LogP) is 0.578. The number of nitro benzene ring substituents is 1. The fourth-order valence-electron chi connectivity index (χ4n) is 3.08. The lowest BCUT2D eigenvalue weighted by atomic mass is 10.2. The van der Waals surface area contributed by atoms with E-state index in [9.17, 15) is 10.1 Å². The van der Waals surface area contributed by atoms with E-state index in [4.69, 9.17) is 0 Å². The predicted molar refractivity (Wildman–Crippen MR) is 78.4 cm³/mol. The third kappa shape index (κ3) is 2.56. The second kappa shape index (κ2) is 5.66. The molecule has 2 heterocycles. The maximum atomic E-state index is 11.2. The van der Waals surface area contributed by atoms with Crippen LogP contribution in [0.2, 0.25) is 0 Å². The van der Waals surface area contributed by atoms with Crippen LogP contribution >= 0.6 is 0 Å². The Morgan fingerprint density at radius 2 is 1.75 bits per heavy atom. The Balaban J connectivity index is 1.92. The molecule has 20 heavy (non-hydrogen) atoms. The molecule has 108 valence electrons. The first-order valence-electron chi connectivity index (χ1n) is 7.36. The fraction of sp³-hybridized carbons (Fsp3) is 0.571. The van der Waals surface area contributed by atoms with Gasteiger partial charge in [0.2, 0.25) is 0 Å². The maximum Gasteiger partial charge on any atom is 0.292 e. The Kier molecular flexibility index (Phi) is 3.73. The molecule has 0 unspecified atom stereocenters. The number of hydrogen-bond donors (Lipinski definition) is 1. The molecule has 6 nitrogen and oxygen atoms in total. The van der Waals surface area contributed by atoms with E-state index in [1.165, 1.54) is 0 Å². The Morgan fingerprint density at radius 1 is 1.05 bits per heavy atom. The van der Waals surface area contributed by atoms with Crippen molar-refractivity contribution in [3.8, 4) is 0 Å². The molecule has 0 spiro atoms. The second-order valence-electron chi connectivity index (χ2n) is 5.48. The average molecular weight is 277 g/mol. The van der Waals surface area contributed by atoms with Gasteiger partial charge in [0.05, 0.1) is 31.1 Å². The van der Waals surface area contributed by atoms with E-state index in [1.54, 1.807) is 6.07 Å². The summed E-state index contributed by atoms with van der Waals surface area (Å²) in [6.07, 6.45) is 2.25. The Hall–Kier alpha value is -1.82. The lowest BCUT2D eigenvalue weighted by Gasteiger charge is -2.28. The molecule has 3 rings (SSSR count). The van der Waals surface area contributed by atoms with Gasteiger partial charge in [-0.15, -0.1) is 0 Å². The zero-order chi connectivity index (χ0) is 13.9. The first-order chi connectivity index (χ1) is 9.75. The van der Waals surface area contributed by atoms with Gasteiger partial charge in [-0.05, 0) is 25.0 Å². The van der Waals surface area contributed by atoms with Gasteiger partial charge in [-0.3, -0.25) is 10.1 Å². The smallest absolute Gasteiger partial charge is 0.292 e. The van der Waals surface area contributed by atoms with Gasteiger partial charge in [-0.25, -0.2) is 0 Å². The normalized spacial score (nSPS) is 19.4. The van der Waals surface area contributed by atoms with Crippen LogP contribution in [0.3, 0.4) is 0 Å². The molecule has 0 radical (unpaired) electrons.